The molecule has 1 fully saturated rings. The zero-order chi connectivity index (χ0) is 14.5. The second kappa shape index (κ2) is 6.78. The Kier molecular flexibility index (Phi) is 5.05. The van der Waals surface area contributed by atoms with Crippen LogP contribution in [-0.2, 0) is 4.79 Å². The molecule has 1 amide bonds. The number of hydrogen-bond acceptors (Lipinski definition) is 2. The lowest BCUT2D eigenvalue weighted by Crippen LogP contribution is -2.29. The highest BCUT2D eigenvalue weighted by Crippen LogP contribution is 2.30. The number of hydrogen-bond donors (Lipinski definition) is 1. The van der Waals surface area contributed by atoms with Crippen LogP contribution in [0.5, 0.6) is 5.75 Å². The highest BCUT2D eigenvalue weighted by atomic mass is 16.3. The number of para-hydroxylation sites is 1. The van der Waals surface area contributed by atoms with Gasteiger partial charge >= 0.3 is 0 Å². The van der Waals surface area contributed by atoms with E-state index in [0.717, 1.165) is 17.9 Å². The van der Waals surface area contributed by atoms with E-state index in [1.54, 1.807) is 17.0 Å². The number of benzene rings is 1. The van der Waals surface area contributed by atoms with Crippen molar-refractivity contribution in [3.63, 3.8) is 0 Å². The lowest BCUT2D eigenvalue weighted by Gasteiger charge is -2.26. The molecule has 1 unspecified atom stereocenters. The monoisotopic (exact) mass is 275 g/mol. The highest BCUT2D eigenvalue weighted by Gasteiger charge is 2.21. The molecule has 0 aromatic heterocycles. The van der Waals surface area contributed by atoms with Crippen LogP contribution in [0.2, 0.25) is 0 Å². The van der Waals surface area contributed by atoms with Gasteiger partial charge in [0.25, 0.3) is 0 Å². The van der Waals surface area contributed by atoms with Crippen molar-refractivity contribution in [1.82, 2.24) is 4.90 Å². The highest BCUT2D eigenvalue weighted by molar-refractivity contribution is 5.76. The fraction of sp³-hybridized carbons (Fsp3) is 0.588. The molecule has 20 heavy (non-hydrogen) atoms. The minimum atomic E-state index is -0.0905. The molecule has 1 saturated carbocycles. The van der Waals surface area contributed by atoms with Crippen LogP contribution in [-0.4, -0.2) is 23.0 Å². The van der Waals surface area contributed by atoms with Gasteiger partial charge in [0, 0.05) is 19.0 Å². The molecule has 2 rings (SSSR count). The molecule has 0 aliphatic heterocycles. The van der Waals surface area contributed by atoms with Crippen molar-refractivity contribution in [2.45, 2.75) is 51.5 Å². The van der Waals surface area contributed by atoms with Gasteiger partial charge in [0.05, 0.1) is 6.04 Å². The fourth-order valence-corrected chi connectivity index (χ4v) is 3.07. The van der Waals surface area contributed by atoms with E-state index in [1.165, 1.54) is 25.7 Å². The van der Waals surface area contributed by atoms with Crippen molar-refractivity contribution in [1.29, 1.82) is 0 Å². The van der Waals surface area contributed by atoms with Crippen molar-refractivity contribution in [3.8, 4) is 5.75 Å². The van der Waals surface area contributed by atoms with Crippen molar-refractivity contribution in [2.75, 3.05) is 7.05 Å². The Morgan fingerprint density at radius 1 is 1.35 bits per heavy atom. The minimum absolute atomic E-state index is 0.0905. The first kappa shape index (κ1) is 14.9. The first-order valence-electron chi connectivity index (χ1n) is 7.63. The summed E-state index contributed by atoms with van der Waals surface area (Å²) >= 11 is 0. The van der Waals surface area contributed by atoms with Crippen molar-refractivity contribution in [3.05, 3.63) is 29.8 Å². The third kappa shape index (κ3) is 3.53. The van der Waals surface area contributed by atoms with Crippen LogP contribution < -0.4 is 0 Å². The lowest BCUT2D eigenvalue weighted by molar-refractivity contribution is -0.132. The molecule has 110 valence electrons. The van der Waals surface area contributed by atoms with Gasteiger partial charge in [0.15, 0.2) is 0 Å². The Bertz CT molecular complexity index is 452. The summed E-state index contributed by atoms with van der Waals surface area (Å²) in [6.45, 7) is 1.96. The first-order valence-corrected chi connectivity index (χ1v) is 7.63. The van der Waals surface area contributed by atoms with Crippen LogP contribution in [0.25, 0.3) is 0 Å². The molecular weight excluding hydrogens is 250 g/mol. The summed E-state index contributed by atoms with van der Waals surface area (Å²) in [5.41, 5.74) is 0.809. The van der Waals surface area contributed by atoms with E-state index in [1.807, 2.05) is 26.1 Å². The van der Waals surface area contributed by atoms with Crippen LogP contribution >= 0.6 is 0 Å². The topological polar surface area (TPSA) is 40.5 Å². The van der Waals surface area contributed by atoms with Crippen LogP contribution in [0.4, 0.5) is 0 Å². The standard InChI is InChI=1S/C17H25NO2/c1-13(15-9-5-6-10-16(15)19)18(2)17(20)12-11-14-7-3-4-8-14/h5-6,9-10,13-14,19H,3-4,7-8,11-12H2,1-2H3. The predicted octanol–water partition coefficient (Wildman–Crippen LogP) is 3.88. The van der Waals surface area contributed by atoms with Gasteiger partial charge in [-0.05, 0) is 25.3 Å². The Balaban J connectivity index is 1.90. The van der Waals surface area contributed by atoms with E-state index in [9.17, 15) is 9.90 Å². The smallest absolute Gasteiger partial charge is 0.222 e. The number of carbonyl (C=O) groups is 1. The normalized spacial score (nSPS) is 17.1. The van der Waals surface area contributed by atoms with Gasteiger partial charge in [-0.2, -0.15) is 0 Å². The number of rotatable bonds is 5. The molecule has 0 spiro atoms. The average Bonchev–Trinajstić information content (AvgIpc) is 2.97. The summed E-state index contributed by atoms with van der Waals surface area (Å²) in [6, 6.07) is 7.14. The second-order valence-corrected chi connectivity index (χ2v) is 5.93. The van der Waals surface area contributed by atoms with Gasteiger partial charge in [0.1, 0.15) is 5.75 Å². The predicted molar refractivity (Wildman–Crippen MR) is 80.5 cm³/mol. The van der Waals surface area contributed by atoms with Gasteiger partial charge in [-0.15, -0.1) is 0 Å². The summed E-state index contributed by atoms with van der Waals surface area (Å²) in [5.74, 6) is 1.18. The zero-order valence-electron chi connectivity index (χ0n) is 12.5. The summed E-state index contributed by atoms with van der Waals surface area (Å²) in [7, 11) is 1.83. The summed E-state index contributed by atoms with van der Waals surface area (Å²) in [5, 5.41) is 9.88. The van der Waals surface area contributed by atoms with Crippen LogP contribution in [0, 0.1) is 5.92 Å². The number of aromatic hydroxyl groups is 1. The maximum absolute atomic E-state index is 12.3. The Morgan fingerprint density at radius 3 is 2.65 bits per heavy atom. The van der Waals surface area contributed by atoms with Crippen molar-refractivity contribution >= 4 is 5.91 Å². The maximum atomic E-state index is 12.3. The molecule has 0 saturated heterocycles. The third-order valence-electron chi connectivity index (χ3n) is 4.60. The van der Waals surface area contributed by atoms with Crippen LogP contribution in [0.1, 0.15) is 57.1 Å². The SMILES string of the molecule is CC(c1ccccc1O)N(C)C(=O)CCC1CCCC1. The maximum Gasteiger partial charge on any atom is 0.222 e. The molecule has 1 aliphatic rings. The minimum Gasteiger partial charge on any atom is -0.508 e. The number of nitrogens with zero attached hydrogens (tertiary/aromatic N) is 1. The molecule has 3 nitrogen and oxygen atoms in total. The molecule has 1 aliphatic carbocycles. The molecule has 0 heterocycles. The van der Waals surface area contributed by atoms with Crippen LogP contribution in [0.15, 0.2) is 24.3 Å². The number of phenols is 1. The van der Waals surface area contributed by atoms with Gasteiger partial charge in [-0.25, -0.2) is 0 Å². The molecule has 1 aromatic rings. The molecule has 1 atom stereocenters. The molecule has 0 bridgehead atoms. The lowest BCUT2D eigenvalue weighted by atomic mass is 10.0. The summed E-state index contributed by atoms with van der Waals surface area (Å²) in [4.78, 5) is 14.0. The zero-order valence-corrected chi connectivity index (χ0v) is 12.5. The van der Waals surface area contributed by atoms with E-state index in [-0.39, 0.29) is 17.7 Å². The van der Waals surface area contributed by atoms with E-state index in [2.05, 4.69) is 0 Å². The molecule has 1 N–H and O–H groups in total. The summed E-state index contributed by atoms with van der Waals surface area (Å²) in [6.07, 6.45) is 6.85. The molecule has 1 aromatic carbocycles. The van der Waals surface area contributed by atoms with E-state index in [4.69, 9.17) is 0 Å². The Labute approximate surface area is 121 Å². The molecule has 0 radical (unpaired) electrons. The van der Waals surface area contributed by atoms with E-state index >= 15 is 0 Å². The third-order valence-corrected chi connectivity index (χ3v) is 4.60. The summed E-state index contributed by atoms with van der Waals surface area (Å²) < 4.78 is 0. The second-order valence-electron chi connectivity index (χ2n) is 5.93. The molecular formula is C17H25NO2. The Hall–Kier alpha value is -1.51. The molecule has 3 heteroatoms. The van der Waals surface area contributed by atoms with E-state index < -0.39 is 0 Å². The Morgan fingerprint density at radius 2 is 2.00 bits per heavy atom. The quantitative estimate of drug-likeness (QED) is 0.886. The van der Waals surface area contributed by atoms with Gasteiger partial charge in [0.2, 0.25) is 5.91 Å². The number of amides is 1. The van der Waals surface area contributed by atoms with Gasteiger partial charge < -0.3 is 10.0 Å². The van der Waals surface area contributed by atoms with Crippen LogP contribution in [0.3, 0.4) is 0 Å². The van der Waals surface area contributed by atoms with Gasteiger partial charge in [-0.3, -0.25) is 4.79 Å². The van der Waals surface area contributed by atoms with Gasteiger partial charge in [-0.1, -0.05) is 43.9 Å². The number of phenolic OH excluding ortho intramolecular Hbond substituents is 1. The fourth-order valence-electron chi connectivity index (χ4n) is 3.07. The largest absolute Gasteiger partial charge is 0.508 e. The van der Waals surface area contributed by atoms with E-state index in [0.29, 0.717) is 6.42 Å². The van der Waals surface area contributed by atoms with Crippen molar-refractivity contribution in [2.24, 2.45) is 5.92 Å². The number of carbonyl (C=O) groups excluding carboxylic acids is 1. The average molecular weight is 275 g/mol. The first-order chi connectivity index (χ1) is 9.59. The van der Waals surface area contributed by atoms with Crippen molar-refractivity contribution < 1.29 is 9.90 Å².